The summed E-state index contributed by atoms with van der Waals surface area (Å²) in [6.45, 7) is 11.8. The van der Waals surface area contributed by atoms with Crippen molar-refractivity contribution in [3.05, 3.63) is 41.4 Å². The van der Waals surface area contributed by atoms with E-state index >= 15 is 0 Å². The second-order valence-electron chi connectivity index (χ2n) is 8.19. The summed E-state index contributed by atoms with van der Waals surface area (Å²) in [5.41, 5.74) is 1.82. The number of aryl methyl sites for hydroxylation is 3. The number of amides is 1. The summed E-state index contributed by atoms with van der Waals surface area (Å²) in [5.74, 6) is 2.51. The zero-order chi connectivity index (χ0) is 23.4. The Labute approximate surface area is 193 Å². The molecule has 0 aromatic carbocycles. The first-order valence-electron chi connectivity index (χ1n) is 11.3. The maximum absolute atomic E-state index is 13.0. The lowest BCUT2D eigenvalue weighted by molar-refractivity contribution is -0.129. The SMILES string of the molecule is CCCN(CC(=O)Nc1cc(-n2nc(C)cc2C)nc(-c2ccc(C)o2)n1)N1CCOCC1. The standard InChI is InChI=1S/C23H31N7O3/c1-5-8-29(28-9-11-32-12-10-28)15-22(31)24-20-14-21(30-17(3)13-16(2)27-30)26-23(25-20)19-7-6-18(4)33-19/h6-7,13-14H,5,8-12,15H2,1-4H3,(H,24,25,26,31). The minimum atomic E-state index is -0.144. The van der Waals surface area contributed by atoms with Crippen molar-refractivity contribution in [2.45, 2.75) is 34.1 Å². The van der Waals surface area contributed by atoms with Gasteiger partial charge >= 0.3 is 0 Å². The van der Waals surface area contributed by atoms with E-state index in [4.69, 9.17) is 9.15 Å². The molecule has 0 atom stereocenters. The van der Waals surface area contributed by atoms with Gasteiger partial charge in [0.25, 0.3) is 0 Å². The molecule has 0 spiro atoms. The third-order valence-corrected chi connectivity index (χ3v) is 5.36. The van der Waals surface area contributed by atoms with Gasteiger partial charge in [0, 0.05) is 31.4 Å². The molecule has 33 heavy (non-hydrogen) atoms. The molecule has 0 aliphatic carbocycles. The van der Waals surface area contributed by atoms with E-state index in [1.165, 1.54) is 0 Å². The van der Waals surface area contributed by atoms with Crippen LogP contribution in [-0.2, 0) is 9.53 Å². The van der Waals surface area contributed by atoms with Crippen molar-refractivity contribution in [3.8, 4) is 17.4 Å². The summed E-state index contributed by atoms with van der Waals surface area (Å²) in [7, 11) is 0. The maximum Gasteiger partial charge on any atom is 0.241 e. The van der Waals surface area contributed by atoms with E-state index in [1.807, 2.05) is 39.0 Å². The number of furan rings is 1. The molecule has 0 radical (unpaired) electrons. The van der Waals surface area contributed by atoms with Gasteiger partial charge in [-0.05, 0) is 45.4 Å². The molecule has 10 nitrogen and oxygen atoms in total. The summed E-state index contributed by atoms with van der Waals surface area (Å²) < 4.78 is 12.9. The van der Waals surface area contributed by atoms with Crippen LogP contribution in [0.25, 0.3) is 17.4 Å². The predicted molar refractivity (Wildman–Crippen MR) is 124 cm³/mol. The Morgan fingerprint density at radius 1 is 1.15 bits per heavy atom. The van der Waals surface area contributed by atoms with Gasteiger partial charge in [0.1, 0.15) is 11.6 Å². The molecular formula is C23H31N7O3. The Morgan fingerprint density at radius 2 is 1.94 bits per heavy atom. The van der Waals surface area contributed by atoms with Crippen molar-refractivity contribution in [2.24, 2.45) is 0 Å². The van der Waals surface area contributed by atoms with Crippen LogP contribution < -0.4 is 5.32 Å². The monoisotopic (exact) mass is 453 g/mol. The Balaban J connectivity index is 1.59. The van der Waals surface area contributed by atoms with Crippen LogP contribution in [0.5, 0.6) is 0 Å². The molecule has 0 unspecified atom stereocenters. The van der Waals surface area contributed by atoms with E-state index in [0.29, 0.717) is 36.4 Å². The molecule has 1 amide bonds. The molecule has 1 N–H and O–H groups in total. The number of nitrogens with zero attached hydrogens (tertiary/aromatic N) is 6. The molecular weight excluding hydrogens is 422 g/mol. The van der Waals surface area contributed by atoms with Crippen molar-refractivity contribution in [3.63, 3.8) is 0 Å². The first-order valence-corrected chi connectivity index (χ1v) is 11.3. The van der Waals surface area contributed by atoms with Gasteiger partial charge in [-0.2, -0.15) is 5.10 Å². The average molecular weight is 454 g/mol. The zero-order valence-corrected chi connectivity index (χ0v) is 19.7. The lowest BCUT2D eigenvalue weighted by Crippen LogP contribution is -2.51. The van der Waals surface area contributed by atoms with Crippen LogP contribution in [-0.4, -0.2) is 75.1 Å². The fraction of sp³-hybridized carbons (Fsp3) is 0.478. The normalized spacial score (nSPS) is 14.7. The smallest absolute Gasteiger partial charge is 0.241 e. The highest BCUT2D eigenvalue weighted by Crippen LogP contribution is 2.23. The first kappa shape index (κ1) is 23.1. The van der Waals surface area contributed by atoms with E-state index in [9.17, 15) is 4.79 Å². The van der Waals surface area contributed by atoms with Gasteiger partial charge in [-0.25, -0.2) is 24.7 Å². The van der Waals surface area contributed by atoms with Gasteiger partial charge in [-0.3, -0.25) is 4.79 Å². The van der Waals surface area contributed by atoms with Crippen LogP contribution in [0.2, 0.25) is 0 Å². The number of rotatable bonds is 8. The highest BCUT2D eigenvalue weighted by molar-refractivity contribution is 5.91. The number of anilines is 1. The van der Waals surface area contributed by atoms with Crippen molar-refractivity contribution < 1.29 is 13.9 Å². The van der Waals surface area contributed by atoms with Crippen molar-refractivity contribution in [2.75, 3.05) is 44.7 Å². The van der Waals surface area contributed by atoms with Crippen molar-refractivity contribution in [1.29, 1.82) is 0 Å². The lowest BCUT2D eigenvalue weighted by atomic mass is 10.3. The molecule has 1 saturated heterocycles. The fourth-order valence-corrected chi connectivity index (χ4v) is 3.90. The topological polar surface area (TPSA) is 102 Å². The number of hydrazine groups is 1. The quantitative estimate of drug-likeness (QED) is 0.556. The molecule has 4 rings (SSSR count). The lowest BCUT2D eigenvalue weighted by Gasteiger charge is -2.36. The van der Waals surface area contributed by atoms with Gasteiger partial charge < -0.3 is 14.5 Å². The van der Waals surface area contributed by atoms with E-state index in [1.54, 1.807) is 10.7 Å². The summed E-state index contributed by atoms with van der Waals surface area (Å²) >= 11 is 0. The molecule has 1 aliphatic heterocycles. The second kappa shape index (κ2) is 10.2. The molecule has 3 aromatic heterocycles. The maximum atomic E-state index is 13.0. The summed E-state index contributed by atoms with van der Waals surface area (Å²) in [5, 5.41) is 11.7. The Kier molecular flexibility index (Phi) is 7.17. The highest BCUT2D eigenvalue weighted by atomic mass is 16.5. The predicted octanol–water partition coefficient (Wildman–Crippen LogP) is 2.75. The van der Waals surface area contributed by atoms with Gasteiger partial charge in [0.05, 0.1) is 25.5 Å². The van der Waals surface area contributed by atoms with Crippen LogP contribution in [0.1, 0.15) is 30.5 Å². The molecule has 3 aromatic rings. The minimum absolute atomic E-state index is 0.144. The zero-order valence-electron chi connectivity index (χ0n) is 19.7. The third kappa shape index (κ3) is 5.65. The third-order valence-electron chi connectivity index (χ3n) is 5.36. The van der Waals surface area contributed by atoms with Gasteiger partial charge in [-0.1, -0.05) is 6.92 Å². The number of hydrogen-bond acceptors (Lipinski definition) is 8. The van der Waals surface area contributed by atoms with Crippen LogP contribution in [0.15, 0.2) is 28.7 Å². The summed E-state index contributed by atoms with van der Waals surface area (Å²) in [4.78, 5) is 22.2. The molecule has 1 aliphatic rings. The minimum Gasteiger partial charge on any atom is -0.458 e. The van der Waals surface area contributed by atoms with Crippen molar-refractivity contribution >= 4 is 11.7 Å². The number of aromatic nitrogens is 4. The van der Waals surface area contributed by atoms with E-state index in [2.05, 4.69) is 37.3 Å². The van der Waals surface area contributed by atoms with E-state index in [-0.39, 0.29) is 12.5 Å². The van der Waals surface area contributed by atoms with Crippen molar-refractivity contribution in [1.82, 2.24) is 29.8 Å². The summed E-state index contributed by atoms with van der Waals surface area (Å²) in [6, 6.07) is 7.39. The fourth-order valence-electron chi connectivity index (χ4n) is 3.90. The van der Waals surface area contributed by atoms with Crippen LogP contribution in [0.4, 0.5) is 5.82 Å². The van der Waals surface area contributed by atoms with Crippen LogP contribution >= 0.6 is 0 Å². The molecule has 1 fully saturated rings. The molecule has 10 heteroatoms. The number of ether oxygens (including phenoxy) is 1. The first-order chi connectivity index (χ1) is 15.9. The van der Waals surface area contributed by atoms with E-state index < -0.39 is 0 Å². The van der Waals surface area contributed by atoms with Gasteiger partial charge in [-0.15, -0.1) is 0 Å². The average Bonchev–Trinajstić information content (AvgIpc) is 3.38. The molecule has 4 heterocycles. The van der Waals surface area contributed by atoms with Gasteiger partial charge in [0.2, 0.25) is 5.91 Å². The number of hydrogen-bond donors (Lipinski definition) is 1. The molecule has 0 saturated carbocycles. The Bertz CT molecular complexity index is 1100. The second-order valence-corrected chi connectivity index (χ2v) is 8.19. The molecule has 176 valence electrons. The Hall–Kier alpha value is -3.08. The van der Waals surface area contributed by atoms with E-state index in [0.717, 1.165) is 43.2 Å². The van der Waals surface area contributed by atoms with Crippen LogP contribution in [0, 0.1) is 20.8 Å². The number of carbonyl (C=O) groups is 1. The number of morpholine rings is 1. The number of nitrogens with one attached hydrogen (secondary N) is 1. The largest absolute Gasteiger partial charge is 0.458 e. The molecule has 0 bridgehead atoms. The highest BCUT2D eigenvalue weighted by Gasteiger charge is 2.21. The Morgan fingerprint density at radius 3 is 2.58 bits per heavy atom. The number of carbonyl (C=O) groups excluding carboxylic acids is 1. The van der Waals surface area contributed by atoms with Gasteiger partial charge in [0.15, 0.2) is 17.4 Å². The summed E-state index contributed by atoms with van der Waals surface area (Å²) in [6.07, 6.45) is 0.947. The van der Waals surface area contributed by atoms with Crippen LogP contribution in [0.3, 0.4) is 0 Å².